The molecule has 0 saturated heterocycles. The van der Waals surface area contributed by atoms with Gasteiger partial charge in [-0.25, -0.2) is 0 Å². The first-order valence-corrected chi connectivity index (χ1v) is 8.31. The number of rotatable bonds is 9. The molecule has 0 bridgehead atoms. The Labute approximate surface area is 129 Å². The second-order valence-corrected chi connectivity index (χ2v) is 5.61. The van der Waals surface area contributed by atoms with Gasteiger partial charge in [0.2, 0.25) is 0 Å². The average molecular weight is 292 g/mol. The second kappa shape index (κ2) is 10.7. The number of hydrogen-bond donors (Lipinski definition) is 2. The number of nitrogens with one attached hydrogen (secondary N) is 2. The molecule has 0 atom stereocenters. The summed E-state index contributed by atoms with van der Waals surface area (Å²) in [7, 11) is 0. The van der Waals surface area contributed by atoms with Crippen LogP contribution < -0.4 is 10.6 Å². The minimum absolute atomic E-state index is 0.725. The van der Waals surface area contributed by atoms with Gasteiger partial charge in [-0.2, -0.15) is 0 Å². The highest BCUT2D eigenvalue weighted by Crippen LogP contribution is 2.09. The first-order chi connectivity index (χ1) is 9.76. The summed E-state index contributed by atoms with van der Waals surface area (Å²) in [6.07, 6.45) is 8.93. The third-order valence-corrected chi connectivity index (χ3v) is 3.68. The molecule has 0 fully saturated rings. The van der Waals surface area contributed by atoms with Crippen molar-refractivity contribution in [3.05, 3.63) is 29.8 Å². The van der Waals surface area contributed by atoms with Crippen LogP contribution in [0.1, 0.15) is 57.9 Å². The third-order valence-electron chi connectivity index (χ3n) is 3.44. The Balaban J connectivity index is 2.10. The van der Waals surface area contributed by atoms with Gasteiger partial charge in [0.25, 0.3) is 0 Å². The molecule has 0 aliphatic carbocycles. The Hall–Kier alpha value is -1.09. The lowest BCUT2D eigenvalue weighted by Crippen LogP contribution is -2.29. The highest BCUT2D eigenvalue weighted by molar-refractivity contribution is 7.80. The van der Waals surface area contributed by atoms with E-state index in [1.165, 1.54) is 44.1 Å². The molecule has 0 saturated carbocycles. The summed E-state index contributed by atoms with van der Waals surface area (Å²) in [6.45, 7) is 5.37. The molecule has 0 heterocycles. The highest BCUT2D eigenvalue weighted by Gasteiger charge is 1.97. The average Bonchev–Trinajstić information content (AvgIpc) is 2.47. The first-order valence-electron chi connectivity index (χ1n) is 7.90. The summed E-state index contributed by atoms with van der Waals surface area (Å²) in [5.41, 5.74) is 2.41. The second-order valence-electron chi connectivity index (χ2n) is 5.20. The van der Waals surface area contributed by atoms with Crippen molar-refractivity contribution in [1.29, 1.82) is 0 Å². The largest absolute Gasteiger partial charge is 0.362 e. The molecular formula is C17H28N2S. The van der Waals surface area contributed by atoms with E-state index in [1.54, 1.807) is 0 Å². The van der Waals surface area contributed by atoms with E-state index in [2.05, 4.69) is 48.7 Å². The van der Waals surface area contributed by atoms with Crippen LogP contribution in [0.2, 0.25) is 0 Å². The van der Waals surface area contributed by atoms with Crippen molar-refractivity contribution in [3.63, 3.8) is 0 Å². The van der Waals surface area contributed by atoms with Crippen LogP contribution in [0.5, 0.6) is 0 Å². The molecule has 1 rings (SSSR count). The zero-order valence-electron chi connectivity index (χ0n) is 12.9. The lowest BCUT2D eigenvalue weighted by Gasteiger charge is -2.10. The van der Waals surface area contributed by atoms with Crippen LogP contribution in [0, 0.1) is 0 Å². The van der Waals surface area contributed by atoms with Crippen molar-refractivity contribution >= 4 is 23.0 Å². The summed E-state index contributed by atoms with van der Waals surface area (Å²) >= 11 is 5.29. The summed E-state index contributed by atoms with van der Waals surface area (Å²) in [5, 5.41) is 7.22. The van der Waals surface area contributed by atoms with Gasteiger partial charge in [-0.3, -0.25) is 0 Å². The Bertz CT molecular complexity index is 373. The topological polar surface area (TPSA) is 24.1 Å². The van der Waals surface area contributed by atoms with E-state index in [4.69, 9.17) is 12.2 Å². The van der Waals surface area contributed by atoms with Crippen molar-refractivity contribution in [1.82, 2.24) is 5.32 Å². The van der Waals surface area contributed by atoms with Gasteiger partial charge in [0.05, 0.1) is 0 Å². The van der Waals surface area contributed by atoms with E-state index >= 15 is 0 Å². The Kier molecular flexibility index (Phi) is 9.05. The number of unbranched alkanes of at least 4 members (excludes halogenated alkanes) is 5. The fourth-order valence-electron chi connectivity index (χ4n) is 2.11. The number of anilines is 1. The Morgan fingerprint density at radius 1 is 0.950 bits per heavy atom. The summed E-state index contributed by atoms with van der Waals surface area (Å²) in [6, 6.07) is 8.44. The molecule has 112 valence electrons. The van der Waals surface area contributed by atoms with E-state index < -0.39 is 0 Å². The smallest absolute Gasteiger partial charge is 0.170 e. The molecule has 20 heavy (non-hydrogen) atoms. The van der Waals surface area contributed by atoms with Crippen LogP contribution in [0.3, 0.4) is 0 Å². The molecule has 0 spiro atoms. The summed E-state index contributed by atoms with van der Waals surface area (Å²) in [4.78, 5) is 0. The van der Waals surface area contributed by atoms with Crippen molar-refractivity contribution < 1.29 is 0 Å². The van der Waals surface area contributed by atoms with Gasteiger partial charge < -0.3 is 10.6 Å². The fourth-order valence-corrected chi connectivity index (χ4v) is 2.33. The number of thiocarbonyl (C=S) groups is 1. The van der Waals surface area contributed by atoms with Gasteiger partial charge in [-0.15, -0.1) is 0 Å². The van der Waals surface area contributed by atoms with Crippen LogP contribution in [0.25, 0.3) is 0 Å². The number of aryl methyl sites for hydroxylation is 1. The molecule has 0 aliphatic heterocycles. The maximum Gasteiger partial charge on any atom is 0.170 e. The minimum atomic E-state index is 0.725. The summed E-state index contributed by atoms with van der Waals surface area (Å²) < 4.78 is 0. The molecule has 0 amide bonds. The fraction of sp³-hybridized carbons (Fsp3) is 0.588. The van der Waals surface area contributed by atoms with Gasteiger partial charge >= 0.3 is 0 Å². The molecule has 0 unspecified atom stereocenters. The molecule has 2 nitrogen and oxygen atoms in total. The maximum absolute atomic E-state index is 5.29. The predicted molar refractivity (Wildman–Crippen MR) is 93.4 cm³/mol. The monoisotopic (exact) mass is 292 g/mol. The molecule has 0 radical (unpaired) electrons. The van der Waals surface area contributed by atoms with E-state index in [-0.39, 0.29) is 0 Å². The van der Waals surface area contributed by atoms with Crippen LogP contribution in [0.4, 0.5) is 5.69 Å². The molecule has 1 aromatic carbocycles. The van der Waals surface area contributed by atoms with Crippen LogP contribution >= 0.6 is 12.2 Å². The lowest BCUT2D eigenvalue weighted by atomic mass is 10.1. The van der Waals surface area contributed by atoms with Crippen LogP contribution in [0.15, 0.2) is 24.3 Å². The Morgan fingerprint density at radius 2 is 1.60 bits per heavy atom. The minimum Gasteiger partial charge on any atom is -0.362 e. The Morgan fingerprint density at radius 3 is 2.25 bits per heavy atom. The van der Waals surface area contributed by atoms with E-state index in [9.17, 15) is 0 Å². The lowest BCUT2D eigenvalue weighted by molar-refractivity contribution is 0.603. The number of benzene rings is 1. The quantitative estimate of drug-likeness (QED) is 0.500. The number of hydrogen-bond acceptors (Lipinski definition) is 1. The third kappa shape index (κ3) is 7.49. The highest BCUT2D eigenvalue weighted by atomic mass is 32.1. The van der Waals surface area contributed by atoms with Crippen molar-refractivity contribution in [3.8, 4) is 0 Å². The molecule has 0 aromatic heterocycles. The normalized spacial score (nSPS) is 10.3. The van der Waals surface area contributed by atoms with Gasteiger partial charge in [-0.1, -0.05) is 58.1 Å². The molecule has 1 aromatic rings. The maximum atomic E-state index is 5.29. The van der Waals surface area contributed by atoms with Gasteiger partial charge in [0, 0.05) is 12.2 Å². The standard InChI is InChI=1S/C17H28N2S/c1-3-5-6-7-8-9-14-18-17(20)19-16-12-10-15(4-2)11-13-16/h10-13H,3-9,14H2,1-2H3,(H2,18,19,20). The van der Waals surface area contributed by atoms with E-state index in [1.807, 2.05) is 0 Å². The van der Waals surface area contributed by atoms with Gasteiger partial charge in [-0.05, 0) is 42.8 Å². The van der Waals surface area contributed by atoms with Crippen molar-refractivity contribution in [2.24, 2.45) is 0 Å². The first kappa shape index (κ1) is 17.0. The molecule has 0 aliphatic rings. The molecule has 3 heteroatoms. The SMILES string of the molecule is CCCCCCCCNC(=S)Nc1ccc(CC)cc1. The van der Waals surface area contributed by atoms with E-state index in [0.717, 1.165) is 23.8 Å². The zero-order chi connectivity index (χ0) is 14.6. The zero-order valence-corrected chi connectivity index (χ0v) is 13.7. The van der Waals surface area contributed by atoms with Crippen LogP contribution in [-0.2, 0) is 6.42 Å². The van der Waals surface area contributed by atoms with Crippen molar-refractivity contribution in [2.45, 2.75) is 58.8 Å². The van der Waals surface area contributed by atoms with Gasteiger partial charge in [0.15, 0.2) is 5.11 Å². The molecule has 2 N–H and O–H groups in total. The van der Waals surface area contributed by atoms with E-state index in [0.29, 0.717) is 0 Å². The van der Waals surface area contributed by atoms with Crippen molar-refractivity contribution in [2.75, 3.05) is 11.9 Å². The molecular weight excluding hydrogens is 264 g/mol. The predicted octanol–water partition coefficient (Wildman–Crippen LogP) is 4.90. The summed E-state index contributed by atoms with van der Waals surface area (Å²) in [5.74, 6) is 0. The van der Waals surface area contributed by atoms with Crippen LogP contribution in [-0.4, -0.2) is 11.7 Å². The van der Waals surface area contributed by atoms with Gasteiger partial charge in [0.1, 0.15) is 0 Å².